The highest BCUT2D eigenvalue weighted by Gasteiger charge is 1.93. The van der Waals surface area contributed by atoms with Crippen molar-refractivity contribution in [2.24, 2.45) is 0 Å². The van der Waals surface area contributed by atoms with Crippen LogP contribution in [0.25, 0.3) is 0 Å². The third kappa shape index (κ3) is 15.0. The van der Waals surface area contributed by atoms with E-state index in [0.717, 1.165) is 12.8 Å². The maximum absolute atomic E-state index is 10.4. The molecule has 0 radical (unpaired) electrons. The van der Waals surface area contributed by atoms with Gasteiger partial charge >= 0.3 is 12.2 Å². The molecule has 0 aliphatic rings. The lowest BCUT2D eigenvalue weighted by molar-refractivity contribution is 0.170. The van der Waals surface area contributed by atoms with E-state index in [1.807, 2.05) is 6.92 Å². The molecule has 16 heavy (non-hydrogen) atoms. The highest BCUT2D eigenvalue weighted by atomic mass is 16.5. The van der Waals surface area contributed by atoms with Crippen LogP contribution in [-0.2, 0) is 9.47 Å². The number of alkyl carbamates (subject to hydrolysis) is 2. The van der Waals surface area contributed by atoms with Gasteiger partial charge in [-0.1, -0.05) is 13.3 Å². The predicted molar refractivity (Wildman–Crippen MR) is 61.4 cm³/mol. The fourth-order valence-corrected chi connectivity index (χ4v) is 0.656. The van der Waals surface area contributed by atoms with Crippen molar-refractivity contribution in [3.05, 3.63) is 0 Å². The first-order valence-corrected chi connectivity index (χ1v) is 5.25. The van der Waals surface area contributed by atoms with Gasteiger partial charge in [-0.3, -0.25) is 0 Å². The van der Waals surface area contributed by atoms with E-state index < -0.39 is 0 Å². The molecule has 2 amide bonds. The zero-order valence-corrected chi connectivity index (χ0v) is 10.5. The van der Waals surface area contributed by atoms with E-state index in [0.29, 0.717) is 13.1 Å². The Morgan fingerprint density at radius 3 is 1.81 bits per heavy atom. The second-order valence-electron chi connectivity index (χ2n) is 2.79. The minimum atomic E-state index is -0.373. The summed E-state index contributed by atoms with van der Waals surface area (Å²) in [5.74, 6) is 0. The Bertz CT molecular complexity index is 186. The molecule has 0 rings (SSSR count). The van der Waals surface area contributed by atoms with Crippen molar-refractivity contribution in [2.75, 3.05) is 27.3 Å². The fourth-order valence-electron chi connectivity index (χ4n) is 0.656. The molecule has 2 N–H and O–H groups in total. The maximum Gasteiger partial charge on any atom is 0.406 e. The van der Waals surface area contributed by atoms with Crippen molar-refractivity contribution >= 4 is 12.2 Å². The molecule has 0 fully saturated rings. The molecule has 0 aromatic carbocycles. The molecular weight excluding hydrogens is 212 g/mol. The third-order valence-corrected chi connectivity index (χ3v) is 1.49. The minimum absolute atomic E-state index is 0.344. The molecule has 0 atom stereocenters. The molecule has 0 spiro atoms. The van der Waals surface area contributed by atoms with Crippen LogP contribution in [-0.4, -0.2) is 39.5 Å². The number of nitrogens with one attached hydrogen (secondary N) is 2. The van der Waals surface area contributed by atoms with Crippen LogP contribution in [0.3, 0.4) is 0 Å². The molecule has 0 saturated heterocycles. The van der Waals surface area contributed by atoms with Gasteiger partial charge in [0, 0.05) is 13.1 Å². The van der Waals surface area contributed by atoms with Gasteiger partial charge in [-0.2, -0.15) is 0 Å². The maximum atomic E-state index is 10.4. The molecule has 96 valence electrons. The van der Waals surface area contributed by atoms with Crippen molar-refractivity contribution in [2.45, 2.75) is 26.7 Å². The van der Waals surface area contributed by atoms with Crippen LogP contribution >= 0.6 is 0 Å². The number of rotatable bonds is 4. The second-order valence-corrected chi connectivity index (χ2v) is 2.79. The smallest absolute Gasteiger partial charge is 0.406 e. The highest BCUT2D eigenvalue weighted by Crippen LogP contribution is 1.82. The average molecular weight is 234 g/mol. The van der Waals surface area contributed by atoms with Gasteiger partial charge in [0.2, 0.25) is 0 Å². The molecule has 0 aliphatic carbocycles. The predicted octanol–water partition coefficient (Wildman–Crippen LogP) is 1.50. The first-order valence-electron chi connectivity index (χ1n) is 5.25. The first-order chi connectivity index (χ1) is 7.62. The van der Waals surface area contributed by atoms with Gasteiger partial charge in [0.05, 0.1) is 14.2 Å². The number of carbonyl (C=O) groups is 2. The summed E-state index contributed by atoms with van der Waals surface area (Å²) in [4.78, 5) is 20.4. The molecule has 6 nitrogen and oxygen atoms in total. The van der Waals surface area contributed by atoms with Gasteiger partial charge in [-0.25, -0.2) is 9.59 Å². The molecule has 0 aromatic rings. The van der Waals surface area contributed by atoms with Gasteiger partial charge in [-0.15, -0.1) is 0 Å². The summed E-state index contributed by atoms with van der Waals surface area (Å²) >= 11 is 0. The first kappa shape index (κ1) is 17.0. The monoisotopic (exact) mass is 234 g/mol. The van der Waals surface area contributed by atoms with Gasteiger partial charge in [0.25, 0.3) is 0 Å². The van der Waals surface area contributed by atoms with E-state index in [-0.39, 0.29) is 12.2 Å². The zero-order valence-electron chi connectivity index (χ0n) is 10.5. The summed E-state index contributed by atoms with van der Waals surface area (Å²) in [5.41, 5.74) is 0. The summed E-state index contributed by atoms with van der Waals surface area (Å²) in [6.07, 6.45) is 1.38. The minimum Gasteiger partial charge on any atom is -0.453 e. The van der Waals surface area contributed by atoms with Crippen LogP contribution in [0.1, 0.15) is 26.7 Å². The summed E-state index contributed by atoms with van der Waals surface area (Å²) in [7, 11) is 2.70. The Morgan fingerprint density at radius 2 is 1.50 bits per heavy atom. The number of hydrogen-bond donors (Lipinski definition) is 2. The van der Waals surface area contributed by atoms with Crippen molar-refractivity contribution in [1.82, 2.24) is 10.6 Å². The normalized spacial score (nSPS) is 8.25. The lowest BCUT2D eigenvalue weighted by atomic mass is 10.3. The molecule has 0 saturated carbocycles. The van der Waals surface area contributed by atoms with Crippen LogP contribution in [0.2, 0.25) is 0 Å². The van der Waals surface area contributed by atoms with E-state index in [2.05, 4.69) is 27.0 Å². The van der Waals surface area contributed by atoms with Crippen LogP contribution in [0, 0.1) is 0 Å². The molecule has 0 heterocycles. The average Bonchev–Trinajstić information content (AvgIpc) is 2.30. The number of methoxy groups -OCH3 is 2. The zero-order chi connectivity index (χ0) is 12.8. The summed E-state index contributed by atoms with van der Waals surface area (Å²) in [5, 5.41) is 5.01. The Hall–Kier alpha value is -1.46. The molecule has 0 aliphatic heterocycles. The number of hydrogen-bond acceptors (Lipinski definition) is 4. The summed E-state index contributed by atoms with van der Waals surface area (Å²) in [6, 6.07) is 0. The lowest BCUT2D eigenvalue weighted by Gasteiger charge is -1.99. The van der Waals surface area contributed by atoms with Crippen LogP contribution in [0.15, 0.2) is 0 Å². The molecule has 0 unspecified atom stereocenters. The van der Waals surface area contributed by atoms with Crippen LogP contribution in [0.5, 0.6) is 0 Å². The number of amides is 2. The molecule has 0 aromatic heterocycles. The van der Waals surface area contributed by atoms with E-state index >= 15 is 0 Å². The Kier molecular flexibility index (Phi) is 14.3. The highest BCUT2D eigenvalue weighted by molar-refractivity contribution is 5.66. The number of ether oxygens (including phenoxy) is 2. The van der Waals surface area contributed by atoms with Crippen molar-refractivity contribution in [1.29, 1.82) is 0 Å². The second kappa shape index (κ2) is 13.5. The quantitative estimate of drug-likeness (QED) is 0.723. The van der Waals surface area contributed by atoms with Gasteiger partial charge in [0.1, 0.15) is 0 Å². The molecule has 0 bridgehead atoms. The Labute approximate surface area is 96.7 Å². The van der Waals surface area contributed by atoms with E-state index in [4.69, 9.17) is 0 Å². The number of unbranched alkanes of at least 4 members (excludes halogenated alkanes) is 1. The fraction of sp³-hybridized carbons (Fsp3) is 0.800. The van der Waals surface area contributed by atoms with Gasteiger partial charge < -0.3 is 20.1 Å². The standard InChI is InChI=1S/C6H13NO2.C4H9NO2/c1-3-4-5-7-6(8)9-2;1-3-5-4(6)7-2/h3-5H2,1-2H3,(H,7,8);3H2,1-2H3,(H,5,6). The van der Waals surface area contributed by atoms with Crippen LogP contribution < -0.4 is 10.6 Å². The SMILES string of the molecule is CCCCNC(=O)OC.CCNC(=O)OC. The van der Waals surface area contributed by atoms with Crippen LogP contribution in [0.4, 0.5) is 9.59 Å². The summed E-state index contributed by atoms with van der Waals surface area (Å²) < 4.78 is 8.59. The van der Waals surface area contributed by atoms with Crippen molar-refractivity contribution < 1.29 is 19.1 Å². The van der Waals surface area contributed by atoms with Crippen molar-refractivity contribution in [3.8, 4) is 0 Å². The molecular formula is C10H22N2O4. The molecule has 6 heteroatoms. The summed E-state index contributed by atoms with van der Waals surface area (Å²) in [6.45, 7) is 5.23. The van der Waals surface area contributed by atoms with Gasteiger partial charge in [0.15, 0.2) is 0 Å². The van der Waals surface area contributed by atoms with E-state index in [9.17, 15) is 9.59 Å². The largest absolute Gasteiger partial charge is 0.453 e. The topological polar surface area (TPSA) is 76.7 Å². The van der Waals surface area contributed by atoms with Gasteiger partial charge in [-0.05, 0) is 13.3 Å². The third-order valence-electron chi connectivity index (χ3n) is 1.49. The number of carbonyl (C=O) groups excluding carboxylic acids is 2. The Morgan fingerprint density at radius 1 is 1.00 bits per heavy atom. The van der Waals surface area contributed by atoms with Crippen molar-refractivity contribution in [3.63, 3.8) is 0 Å². The Balaban J connectivity index is 0. The lowest BCUT2D eigenvalue weighted by Crippen LogP contribution is -2.23. The van der Waals surface area contributed by atoms with E-state index in [1.54, 1.807) is 0 Å². The van der Waals surface area contributed by atoms with E-state index in [1.165, 1.54) is 14.2 Å².